The van der Waals surface area contributed by atoms with Crippen LogP contribution in [0.25, 0.3) is 0 Å². The van der Waals surface area contributed by atoms with Crippen molar-refractivity contribution in [3.05, 3.63) is 29.3 Å². The zero-order valence-electron chi connectivity index (χ0n) is 11.9. The monoisotopic (exact) mass is 298 g/mol. The van der Waals surface area contributed by atoms with Crippen LogP contribution >= 0.6 is 0 Å². The van der Waals surface area contributed by atoms with Gasteiger partial charge in [0.2, 0.25) is 10.0 Å². The molecule has 0 aromatic heterocycles. The van der Waals surface area contributed by atoms with Crippen LogP contribution in [-0.4, -0.2) is 26.9 Å². The molecule has 0 aliphatic heterocycles. The van der Waals surface area contributed by atoms with Crippen molar-refractivity contribution in [2.24, 2.45) is 0 Å². The first-order valence-electron chi connectivity index (χ1n) is 6.87. The van der Waals surface area contributed by atoms with Crippen LogP contribution in [0.2, 0.25) is 0 Å². The van der Waals surface area contributed by atoms with E-state index in [0.717, 1.165) is 29.7 Å². The Hall–Kier alpha value is -1.11. The van der Waals surface area contributed by atoms with Gasteiger partial charge in [-0.2, -0.15) is 0 Å². The molecule has 1 aromatic rings. The number of rotatable bonds is 6. The van der Waals surface area contributed by atoms with Crippen LogP contribution in [0, 0.1) is 0 Å². The smallest absolute Gasteiger partial charge is 0.214 e. The van der Waals surface area contributed by atoms with E-state index >= 15 is 0 Å². The first kappa shape index (κ1) is 15.3. The normalized spacial score (nSPS) is 18.4. The van der Waals surface area contributed by atoms with Crippen LogP contribution in [0.15, 0.2) is 18.2 Å². The van der Waals surface area contributed by atoms with Gasteiger partial charge in [0, 0.05) is 11.7 Å². The van der Waals surface area contributed by atoms with Crippen molar-refractivity contribution in [1.29, 1.82) is 0 Å². The van der Waals surface area contributed by atoms with Crippen molar-refractivity contribution in [3.63, 3.8) is 0 Å². The van der Waals surface area contributed by atoms with Crippen molar-refractivity contribution in [2.45, 2.75) is 38.8 Å². The third-order valence-electron chi connectivity index (χ3n) is 3.37. The highest BCUT2D eigenvalue weighted by molar-refractivity contribution is 7.89. The Kier molecular flexibility index (Phi) is 4.67. The van der Waals surface area contributed by atoms with Gasteiger partial charge in [-0.1, -0.05) is 6.07 Å². The molecule has 0 saturated carbocycles. The minimum absolute atomic E-state index is 0.00795. The first-order valence-corrected chi connectivity index (χ1v) is 8.52. The highest BCUT2D eigenvalue weighted by Gasteiger charge is 2.26. The molecule has 0 radical (unpaired) electrons. The molecular formula is C14H22N2O3S. The SMILES string of the molecule is CC(C)OCCS(=O)(=O)NC1CCc2cc(N)ccc21. The van der Waals surface area contributed by atoms with E-state index in [0.29, 0.717) is 0 Å². The van der Waals surface area contributed by atoms with Gasteiger partial charge >= 0.3 is 0 Å². The second-order valence-corrected chi connectivity index (χ2v) is 7.28. The minimum atomic E-state index is -3.32. The lowest BCUT2D eigenvalue weighted by Gasteiger charge is -2.15. The van der Waals surface area contributed by atoms with Crippen LogP contribution < -0.4 is 10.5 Å². The zero-order valence-corrected chi connectivity index (χ0v) is 12.7. The van der Waals surface area contributed by atoms with Crippen LogP contribution in [0.4, 0.5) is 5.69 Å². The van der Waals surface area contributed by atoms with E-state index in [9.17, 15) is 8.42 Å². The molecular weight excluding hydrogens is 276 g/mol. The van der Waals surface area contributed by atoms with Crippen LogP contribution in [-0.2, 0) is 21.2 Å². The highest BCUT2D eigenvalue weighted by atomic mass is 32.2. The van der Waals surface area contributed by atoms with Gasteiger partial charge in [0.15, 0.2) is 0 Å². The van der Waals surface area contributed by atoms with Gasteiger partial charge in [0.25, 0.3) is 0 Å². The first-order chi connectivity index (χ1) is 9.37. The highest BCUT2D eigenvalue weighted by Crippen LogP contribution is 2.32. The Morgan fingerprint density at radius 2 is 2.20 bits per heavy atom. The number of anilines is 1. The zero-order chi connectivity index (χ0) is 14.8. The van der Waals surface area contributed by atoms with Gasteiger partial charge in [-0.3, -0.25) is 0 Å². The van der Waals surface area contributed by atoms with Crippen molar-refractivity contribution < 1.29 is 13.2 Å². The predicted molar refractivity (Wildman–Crippen MR) is 79.9 cm³/mol. The molecule has 5 nitrogen and oxygen atoms in total. The number of nitrogens with one attached hydrogen (secondary N) is 1. The summed E-state index contributed by atoms with van der Waals surface area (Å²) in [5.41, 5.74) is 8.63. The Bertz CT molecular complexity index is 570. The molecule has 2 rings (SSSR count). The summed E-state index contributed by atoms with van der Waals surface area (Å²) in [4.78, 5) is 0. The maximum absolute atomic E-state index is 12.0. The predicted octanol–water partition coefficient (Wildman–Crippen LogP) is 1.60. The van der Waals surface area contributed by atoms with E-state index in [1.54, 1.807) is 0 Å². The molecule has 1 aliphatic carbocycles. The number of hydrogen-bond acceptors (Lipinski definition) is 4. The second kappa shape index (κ2) is 6.11. The maximum atomic E-state index is 12.0. The lowest BCUT2D eigenvalue weighted by molar-refractivity contribution is 0.0911. The van der Waals surface area contributed by atoms with Crippen LogP contribution in [0.1, 0.15) is 37.4 Å². The summed E-state index contributed by atoms with van der Waals surface area (Å²) in [5.74, 6) is -0.00795. The summed E-state index contributed by atoms with van der Waals surface area (Å²) in [7, 11) is -3.32. The van der Waals surface area contributed by atoms with Gasteiger partial charge < -0.3 is 10.5 Å². The Morgan fingerprint density at radius 1 is 1.45 bits per heavy atom. The molecule has 0 fully saturated rings. The van der Waals surface area contributed by atoms with E-state index in [4.69, 9.17) is 10.5 Å². The molecule has 3 N–H and O–H groups in total. The fourth-order valence-corrected chi connectivity index (χ4v) is 3.54. The average molecular weight is 298 g/mol. The van der Waals surface area contributed by atoms with Crippen molar-refractivity contribution in [1.82, 2.24) is 4.72 Å². The molecule has 112 valence electrons. The summed E-state index contributed by atoms with van der Waals surface area (Å²) in [6.45, 7) is 3.99. The topological polar surface area (TPSA) is 81.4 Å². The maximum Gasteiger partial charge on any atom is 0.214 e. The largest absolute Gasteiger partial charge is 0.399 e. The Labute approximate surface area is 120 Å². The molecule has 20 heavy (non-hydrogen) atoms. The average Bonchev–Trinajstić information content (AvgIpc) is 2.70. The third-order valence-corrected chi connectivity index (χ3v) is 4.72. The van der Waals surface area contributed by atoms with E-state index in [2.05, 4.69) is 4.72 Å². The van der Waals surface area contributed by atoms with E-state index < -0.39 is 10.0 Å². The number of nitrogen functional groups attached to an aromatic ring is 1. The number of aryl methyl sites for hydroxylation is 1. The summed E-state index contributed by atoms with van der Waals surface area (Å²) >= 11 is 0. The van der Waals surface area contributed by atoms with Gasteiger partial charge in [-0.15, -0.1) is 0 Å². The molecule has 0 amide bonds. The summed E-state index contributed by atoms with van der Waals surface area (Å²) in [6.07, 6.45) is 1.68. The van der Waals surface area contributed by atoms with Gasteiger partial charge in [0.05, 0.1) is 18.5 Å². The second-order valence-electron chi connectivity index (χ2n) is 5.41. The molecule has 0 spiro atoms. The quantitative estimate of drug-likeness (QED) is 0.782. The summed E-state index contributed by atoms with van der Waals surface area (Å²) in [5, 5.41) is 0. The third kappa shape index (κ3) is 3.94. The number of hydrogen-bond donors (Lipinski definition) is 2. The summed E-state index contributed by atoms with van der Waals surface area (Å²) < 4.78 is 32.1. The van der Waals surface area contributed by atoms with Crippen molar-refractivity contribution in [2.75, 3.05) is 18.1 Å². The molecule has 1 unspecified atom stereocenters. The molecule has 1 aromatic carbocycles. The molecule has 6 heteroatoms. The minimum Gasteiger partial charge on any atom is -0.399 e. The fourth-order valence-electron chi connectivity index (χ4n) is 2.43. The van der Waals surface area contributed by atoms with Crippen molar-refractivity contribution >= 4 is 15.7 Å². The molecule has 0 saturated heterocycles. The number of nitrogens with two attached hydrogens (primary N) is 1. The summed E-state index contributed by atoms with van der Waals surface area (Å²) in [6, 6.07) is 5.50. The standard InChI is InChI=1S/C14H22N2O3S/c1-10(2)19-7-8-20(17,18)16-14-6-3-11-9-12(15)4-5-13(11)14/h4-5,9-10,14,16H,3,6-8,15H2,1-2H3. The fraction of sp³-hybridized carbons (Fsp3) is 0.571. The number of sulfonamides is 1. The molecule has 0 bridgehead atoms. The van der Waals surface area contributed by atoms with E-state index in [1.807, 2.05) is 32.0 Å². The Balaban J connectivity index is 1.98. The molecule has 0 heterocycles. The molecule has 1 aliphatic rings. The lowest BCUT2D eigenvalue weighted by Crippen LogP contribution is -2.31. The van der Waals surface area contributed by atoms with Gasteiger partial charge in [-0.05, 0) is 49.9 Å². The van der Waals surface area contributed by atoms with Crippen LogP contribution in [0.5, 0.6) is 0 Å². The van der Waals surface area contributed by atoms with Crippen molar-refractivity contribution in [3.8, 4) is 0 Å². The Morgan fingerprint density at radius 3 is 2.90 bits per heavy atom. The van der Waals surface area contributed by atoms with E-state index in [1.165, 1.54) is 0 Å². The number of ether oxygens (including phenoxy) is 1. The lowest BCUT2D eigenvalue weighted by atomic mass is 10.1. The van der Waals surface area contributed by atoms with Gasteiger partial charge in [-0.25, -0.2) is 13.1 Å². The number of fused-ring (bicyclic) bond motifs is 1. The van der Waals surface area contributed by atoms with E-state index in [-0.39, 0.29) is 24.5 Å². The van der Waals surface area contributed by atoms with Gasteiger partial charge in [0.1, 0.15) is 0 Å². The number of benzene rings is 1. The molecule has 1 atom stereocenters. The van der Waals surface area contributed by atoms with Crippen LogP contribution in [0.3, 0.4) is 0 Å².